The molecule has 1 aliphatic rings. The highest BCUT2D eigenvalue weighted by Gasteiger charge is 2.17. The van der Waals surface area contributed by atoms with Crippen molar-refractivity contribution in [3.8, 4) is 0 Å². The standard InChI is InChI=1S/C13H16N4O/c14-13(15)10-1-2-12-11(5-10)16-8-17(12)6-9-3-4-18-7-9/h1-2,5,8-9H,3-4,6-7H2,(H3,14,15). The fourth-order valence-electron chi connectivity index (χ4n) is 2.38. The number of rotatable bonds is 3. The molecule has 1 saturated heterocycles. The van der Waals surface area contributed by atoms with Crippen molar-refractivity contribution < 1.29 is 4.74 Å². The molecule has 1 atom stereocenters. The van der Waals surface area contributed by atoms with E-state index in [0.29, 0.717) is 5.92 Å². The Morgan fingerprint density at radius 1 is 1.56 bits per heavy atom. The van der Waals surface area contributed by atoms with Crippen LogP contribution in [0.15, 0.2) is 24.5 Å². The van der Waals surface area contributed by atoms with E-state index in [-0.39, 0.29) is 5.84 Å². The van der Waals surface area contributed by atoms with Crippen LogP contribution in [0, 0.1) is 11.3 Å². The Hall–Kier alpha value is -1.88. The lowest BCUT2D eigenvalue weighted by Crippen LogP contribution is -2.11. The van der Waals surface area contributed by atoms with Crippen molar-refractivity contribution in [2.45, 2.75) is 13.0 Å². The Kier molecular flexibility index (Phi) is 2.76. The second-order valence-corrected chi connectivity index (χ2v) is 4.74. The first-order chi connectivity index (χ1) is 8.74. The van der Waals surface area contributed by atoms with Crippen LogP contribution < -0.4 is 5.73 Å². The van der Waals surface area contributed by atoms with Gasteiger partial charge < -0.3 is 15.0 Å². The minimum absolute atomic E-state index is 0.0793. The summed E-state index contributed by atoms with van der Waals surface area (Å²) in [5, 5.41) is 7.43. The molecule has 1 unspecified atom stereocenters. The molecule has 5 heteroatoms. The quantitative estimate of drug-likeness (QED) is 0.632. The third-order valence-corrected chi connectivity index (χ3v) is 3.41. The molecule has 94 valence electrons. The first-order valence-corrected chi connectivity index (χ1v) is 6.11. The number of fused-ring (bicyclic) bond motifs is 1. The molecule has 0 amide bonds. The zero-order valence-electron chi connectivity index (χ0n) is 10.1. The summed E-state index contributed by atoms with van der Waals surface area (Å²) in [6.45, 7) is 2.65. The molecule has 0 saturated carbocycles. The summed E-state index contributed by atoms with van der Waals surface area (Å²) in [4.78, 5) is 4.37. The molecule has 2 heterocycles. The second kappa shape index (κ2) is 4.42. The Bertz CT molecular complexity index is 584. The number of imidazole rings is 1. The van der Waals surface area contributed by atoms with E-state index in [1.807, 2.05) is 24.5 Å². The van der Waals surface area contributed by atoms with Gasteiger partial charge >= 0.3 is 0 Å². The van der Waals surface area contributed by atoms with Gasteiger partial charge in [-0.3, -0.25) is 5.41 Å². The van der Waals surface area contributed by atoms with E-state index < -0.39 is 0 Å². The number of aromatic nitrogens is 2. The molecule has 0 radical (unpaired) electrons. The third-order valence-electron chi connectivity index (χ3n) is 3.41. The fraction of sp³-hybridized carbons (Fsp3) is 0.385. The number of nitrogen functional groups attached to an aromatic ring is 1. The Morgan fingerprint density at radius 2 is 2.44 bits per heavy atom. The minimum atomic E-state index is 0.0793. The maximum atomic E-state index is 7.43. The van der Waals surface area contributed by atoms with Crippen LogP contribution in [0.2, 0.25) is 0 Å². The number of nitrogens with zero attached hydrogens (tertiary/aromatic N) is 2. The molecular formula is C13H16N4O. The third kappa shape index (κ3) is 1.97. The van der Waals surface area contributed by atoms with Crippen LogP contribution >= 0.6 is 0 Å². The van der Waals surface area contributed by atoms with E-state index in [1.54, 1.807) is 0 Å². The molecule has 0 aliphatic carbocycles. The van der Waals surface area contributed by atoms with Crippen LogP contribution in [-0.2, 0) is 11.3 Å². The van der Waals surface area contributed by atoms with Crippen molar-refractivity contribution in [1.82, 2.24) is 9.55 Å². The molecule has 1 aromatic carbocycles. The van der Waals surface area contributed by atoms with Gasteiger partial charge in [0, 0.05) is 24.6 Å². The maximum Gasteiger partial charge on any atom is 0.122 e. The van der Waals surface area contributed by atoms with Crippen molar-refractivity contribution >= 4 is 16.9 Å². The number of nitrogens with two attached hydrogens (primary N) is 1. The van der Waals surface area contributed by atoms with Crippen molar-refractivity contribution in [3.63, 3.8) is 0 Å². The van der Waals surface area contributed by atoms with Gasteiger partial charge in [0.15, 0.2) is 0 Å². The average molecular weight is 244 g/mol. The van der Waals surface area contributed by atoms with Gasteiger partial charge in [0.2, 0.25) is 0 Å². The highest BCUT2D eigenvalue weighted by atomic mass is 16.5. The SMILES string of the molecule is N=C(N)c1ccc2c(c1)ncn2CC1CCOC1. The Balaban J connectivity index is 1.91. The van der Waals surface area contributed by atoms with Gasteiger partial charge in [-0.15, -0.1) is 0 Å². The van der Waals surface area contributed by atoms with Crippen molar-refractivity contribution in [3.05, 3.63) is 30.1 Å². The van der Waals surface area contributed by atoms with E-state index >= 15 is 0 Å². The van der Waals surface area contributed by atoms with Crippen LogP contribution in [0.25, 0.3) is 11.0 Å². The predicted molar refractivity (Wildman–Crippen MR) is 69.7 cm³/mol. The summed E-state index contributed by atoms with van der Waals surface area (Å²) in [7, 11) is 0. The number of nitrogens with one attached hydrogen (secondary N) is 1. The molecule has 1 fully saturated rings. The zero-order valence-corrected chi connectivity index (χ0v) is 10.1. The first kappa shape index (κ1) is 11.2. The van der Waals surface area contributed by atoms with Gasteiger partial charge in [0.05, 0.1) is 24.0 Å². The minimum Gasteiger partial charge on any atom is -0.384 e. The largest absolute Gasteiger partial charge is 0.384 e. The monoisotopic (exact) mass is 244 g/mol. The summed E-state index contributed by atoms with van der Waals surface area (Å²) in [5.41, 5.74) is 8.18. The predicted octanol–water partition coefficient (Wildman–Crippen LogP) is 1.36. The van der Waals surface area contributed by atoms with Crippen LogP contribution in [-0.4, -0.2) is 28.6 Å². The molecule has 1 aromatic heterocycles. The van der Waals surface area contributed by atoms with E-state index in [2.05, 4.69) is 9.55 Å². The van der Waals surface area contributed by atoms with Gasteiger partial charge in [-0.2, -0.15) is 0 Å². The van der Waals surface area contributed by atoms with Crippen molar-refractivity contribution in [2.24, 2.45) is 11.7 Å². The van der Waals surface area contributed by atoms with Crippen molar-refractivity contribution in [2.75, 3.05) is 13.2 Å². The number of hydrogen-bond donors (Lipinski definition) is 2. The summed E-state index contributed by atoms with van der Waals surface area (Å²) in [6, 6.07) is 5.71. The van der Waals surface area contributed by atoms with Gasteiger partial charge in [-0.05, 0) is 24.6 Å². The van der Waals surface area contributed by atoms with Crippen LogP contribution in [0.5, 0.6) is 0 Å². The highest BCUT2D eigenvalue weighted by Crippen LogP contribution is 2.19. The van der Waals surface area contributed by atoms with E-state index in [0.717, 1.165) is 42.8 Å². The normalized spacial score (nSPS) is 19.4. The van der Waals surface area contributed by atoms with Gasteiger partial charge in [0.1, 0.15) is 5.84 Å². The first-order valence-electron chi connectivity index (χ1n) is 6.11. The number of hydrogen-bond acceptors (Lipinski definition) is 3. The van der Waals surface area contributed by atoms with E-state index in [4.69, 9.17) is 15.9 Å². The summed E-state index contributed by atoms with van der Waals surface area (Å²) in [6.07, 6.45) is 2.97. The molecule has 0 spiro atoms. The molecule has 2 aromatic rings. The lowest BCUT2D eigenvalue weighted by molar-refractivity contribution is 0.182. The summed E-state index contributed by atoms with van der Waals surface area (Å²) < 4.78 is 7.54. The highest BCUT2D eigenvalue weighted by molar-refractivity contribution is 5.97. The topological polar surface area (TPSA) is 76.9 Å². The summed E-state index contributed by atoms with van der Waals surface area (Å²) >= 11 is 0. The molecular weight excluding hydrogens is 228 g/mol. The Morgan fingerprint density at radius 3 is 3.17 bits per heavy atom. The molecule has 0 bridgehead atoms. The van der Waals surface area contributed by atoms with E-state index in [9.17, 15) is 0 Å². The lowest BCUT2D eigenvalue weighted by atomic mass is 10.1. The lowest BCUT2D eigenvalue weighted by Gasteiger charge is -2.09. The smallest absolute Gasteiger partial charge is 0.122 e. The second-order valence-electron chi connectivity index (χ2n) is 4.74. The van der Waals surface area contributed by atoms with Crippen LogP contribution in [0.4, 0.5) is 0 Å². The molecule has 1 aliphatic heterocycles. The average Bonchev–Trinajstić information content (AvgIpc) is 2.99. The maximum absolute atomic E-state index is 7.43. The fourth-order valence-corrected chi connectivity index (χ4v) is 2.38. The van der Waals surface area contributed by atoms with Crippen LogP contribution in [0.3, 0.4) is 0 Å². The van der Waals surface area contributed by atoms with E-state index in [1.165, 1.54) is 0 Å². The zero-order chi connectivity index (χ0) is 12.5. The number of amidine groups is 1. The molecule has 3 rings (SSSR count). The van der Waals surface area contributed by atoms with Crippen LogP contribution in [0.1, 0.15) is 12.0 Å². The molecule has 3 N–H and O–H groups in total. The number of ether oxygens (including phenoxy) is 1. The number of benzene rings is 1. The summed E-state index contributed by atoms with van der Waals surface area (Å²) in [5.74, 6) is 0.658. The van der Waals surface area contributed by atoms with Crippen molar-refractivity contribution in [1.29, 1.82) is 5.41 Å². The molecule has 5 nitrogen and oxygen atoms in total. The van der Waals surface area contributed by atoms with Gasteiger partial charge in [-0.25, -0.2) is 4.98 Å². The van der Waals surface area contributed by atoms with Gasteiger partial charge in [0.25, 0.3) is 0 Å². The Labute approximate surface area is 105 Å². The molecule has 18 heavy (non-hydrogen) atoms. The van der Waals surface area contributed by atoms with Gasteiger partial charge in [-0.1, -0.05) is 0 Å².